The van der Waals surface area contributed by atoms with Crippen molar-refractivity contribution in [1.29, 1.82) is 0 Å². The van der Waals surface area contributed by atoms with Crippen LogP contribution < -0.4 is 10.1 Å². The van der Waals surface area contributed by atoms with Crippen molar-refractivity contribution >= 4 is 56.5 Å². The number of fused-ring (bicyclic) bond motifs is 1. The van der Waals surface area contributed by atoms with Gasteiger partial charge in [-0.2, -0.15) is 4.99 Å². The molecule has 24 heavy (non-hydrogen) atoms. The summed E-state index contributed by atoms with van der Waals surface area (Å²) in [5, 5.41) is 4.71. The normalized spacial score (nSPS) is 12.2. The minimum Gasteiger partial charge on any atom is -0.326 e. The van der Waals surface area contributed by atoms with Crippen molar-refractivity contribution in [1.82, 2.24) is 4.57 Å². The van der Waals surface area contributed by atoms with E-state index in [0.717, 1.165) is 20.8 Å². The summed E-state index contributed by atoms with van der Waals surface area (Å²) in [5.74, 6) is -0.415. The van der Waals surface area contributed by atoms with Crippen LogP contribution in [0.5, 0.6) is 0 Å². The third kappa shape index (κ3) is 3.69. The summed E-state index contributed by atoms with van der Waals surface area (Å²) in [4.78, 5) is 29.0. The van der Waals surface area contributed by atoms with Crippen LogP contribution in [0, 0.1) is 0 Å². The monoisotopic (exact) mass is 357 g/mol. The number of thiazole rings is 1. The van der Waals surface area contributed by atoms with E-state index in [1.54, 1.807) is 17.4 Å². The van der Waals surface area contributed by atoms with E-state index in [0.29, 0.717) is 4.80 Å². The van der Waals surface area contributed by atoms with Crippen molar-refractivity contribution in [2.24, 2.45) is 12.0 Å². The lowest BCUT2D eigenvalue weighted by Crippen LogP contribution is -2.12. The van der Waals surface area contributed by atoms with Gasteiger partial charge in [0.25, 0.3) is 5.91 Å². The van der Waals surface area contributed by atoms with Crippen LogP contribution in [0.4, 0.5) is 5.69 Å². The number of carbonyl (C=O) groups is 2. The van der Waals surface area contributed by atoms with Gasteiger partial charge < -0.3 is 9.88 Å². The Kier molecular flexibility index (Phi) is 4.73. The molecule has 0 aliphatic heterocycles. The fourth-order valence-corrected chi connectivity index (χ4v) is 3.87. The molecule has 0 fully saturated rings. The third-order valence-corrected chi connectivity index (χ3v) is 5.20. The number of amides is 2. The summed E-state index contributed by atoms with van der Waals surface area (Å²) in [7, 11) is 1.87. The van der Waals surface area contributed by atoms with E-state index in [1.807, 2.05) is 47.3 Å². The second-order valence-corrected chi connectivity index (χ2v) is 7.09. The molecule has 2 heterocycles. The zero-order valence-electron chi connectivity index (χ0n) is 13.1. The molecule has 0 aliphatic carbocycles. The van der Waals surface area contributed by atoms with Gasteiger partial charge in [0.05, 0.1) is 10.2 Å². The molecular formula is C17H15N3O2S2. The van der Waals surface area contributed by atoms with Crippen molar-refractivity contribution in [2.45, 2.75) is 6.92 Å². The fourth-order valence-electron chi connectivity index (χ4n) is 2.19. The van der Waals surface area contributed by atoms with Gasteiger partial charge in [0, 0.05) is 30.6 Å². The Morgan fingerprint density at radius 3 is 2.83 bits per heavy atom. The average molecular weight is 357 g/mol. The van der Waals surface area contributed by atoms with Gasteiger partial charge >= 0.3 is 0 Å². The SMILES string of the molecule is CC(=O)Nc1ccc2c(c1)sc(=NC(=O)/C=C/c1cccs1)n2C. The number of thiophene rings is 1. The van der Waals surface area contributed by atoms with Crippen LogP contribution >= 0.6 is 22.7 Å². The number of hydrogen-bond acceptors (Lipinski definition) is 4. The van der Waals surface area contributed by atoms with E-state index >= 15 is 0 Å². The van der Waals surface area contributed by atoms with Crippen molar-refractivity contribution < 1.29 is 9.59 Å². The van der Waals surface area contributed by atoms with E-state index in [9.17, 15) is 9.59 Å². The first-order chi connectivity index (χ1) is 11.5. The lowest BCUT2D eigenvalue weighted by atomic mass is 10.3. The van der Waals surface area contributed by atoms with Crippen molar-refractivity contribution in [2.75, 3.05) is 5.32 Å². The van der Waals surface area contributed by atoms with Gasteiger partial charge in [-0.05, 0) is 35.7 Å². The van der Waals surface area contributed by atoms with Crippen LogP contribution in [0.25, 0.3) is 16.3 Å². The van der Waals surface area contributed by atoms with E-state index in [4.69, 9.17) is 0 Å². The van der Waals surface area contributed by atoms with Crippen LogP contribution in [-0.4, -0.2) is 16.4 Å². The van der Waals surface area contributed by atoms with E-state index in [1.165, 1.54) is 24.3 Å². The lowest BCUT2D eigenvalue weighted by molar-refractivity contribution is -0.114. The number of benzene rings is 1. The molecule has 0 radical (unpaired) electrons. The van der Waals surface area contributed by atoms with E-state index < -0.39 is 0 Å². The number of rotatable bonds is 3. The molecule has 0 saturated carbocycles. The second-order valence-electron chi connectivity index (χ2n) is 5.11. The minimum atomic E-state index is -0.298. The topological polar surface area (TPSA) is 63.5 Å². The number of nitrogens with zero attached hydrogens (tertiary/aromatic N) is 2. The summed E-state index contributed by atoms with van der Waals surface area (Å²) >= 11 is 2.98. The maximum atomic E-state index is 12.0. The molecule has 0 bridgehead atoms. The summed E-state index contributed by atoms with van der Waals surface area (Å²) in [6.07, 6.45) is 3.23. The van der Waals surface area contributed by atoms with Crippen LogP contribution in [0.15, 0.2) is 46.8 Å². The fraction of sp³-hybridized carbons (Fsp3) is 0.118. The molecule has 1 aromatic carbocycles. The number of anilines is 1. The molecule has 5 nitrogen and oxygen atoms in total. The Morgan fingerprint density at radius 2 is 2.12 bits per heavy atom. The molecule has 1 N–H and O–H groups in total. The highest BCUT2D eigenvalue weighted by molar-refractivity contribution is 7.16. The minimum absolute atomic E-state index is 0.117. The number of hydrogen-bond donors (Lipinski definition) is 1. The molecule has 122 valence electrons. The lowest BCUT2D eigenvalue weighted by Gasteiger charge is -2.01. The Hall–Kier alpha value is -2.51. The largest absolute Gasteiger partial charge is 0.326 e. The smallest absolute Gasteiger partial charge is 0.272 e. The molecule has 3 rings (SSSR count). The standard InChI is InChI=1S/C17H15N3O2S2/c1-11(21)18-12-5-7-14-15(10-12)24-17(20(14)2)19-16(22)8-6-13-4-3-9-23-13/h3-10H,1-2H3,(H,18,21)/b8-6+,19-17?. The predicted octanol–water partition coefficient (Wildman–Crippen LogP) is 3.40. The van der Waals surface area contributed by atoms with Gasteiger partial charge in [0.1, 0.15) is 0 Å². The van der Waals surface area contributed by atoms with Crippen LogP contribution in [0.1, 0.15) is 11.8 Å². The van der Waals surface area contributed by atoms with Gasteiger partial charge in [0.15, 0.2) is 4.80 Å². The molecule has 0 aliphatic rings. The number of aromatic nitrogens is 1. The first kappa shape index (κ1) is 16.4. The molecule has 0 unspecified atom stereocenters. The highest BCUT2D eigenvalue weighted by Crippen LogP contribution is 2.21. The molecular weight excluding hydrogens is 342 g/mol. The maximum absolute atomic E-state index is 12.0. The summed E-state index contributed by atoms with van der Waals surface area (Å²) < 4.78 is 2.83. The van der Waals surface area contributed by atoms with E-state index in [-0.39, 0.29) is 11.8 Å². The molecule has 3 aromatic rings. The molecule has 2 aromatic heterocycles. The van der Waals surface area contributed by atoms with Crippen LogP contribution in [0.3, 0.4) is 0 Å². The quantitative estimate of drug-likeness (QED) is 0.730. The molecule has 0 atom stereocenters. The third-order valence-electron chi connectivity index (χ3n) is 3.27. The number of nitrogens with one attached hydrogen (secondary N) is 1. The summed E-state index contributed by atoms with van der Waals surface area (Å²) in [5.41, 5.74) is 1.69. The first-order valence-electron chi connectivity index (χ1n) is 7.20. The van der Waals surface area contributed by atoms with Crippen molar-refractivity contribution in [3.05, 3.63) is 51.5 Å². The zero-order valence-corrected chi connectivity index (χ0v) is 14.8. The first-order valence-corrected chi connectivity index (χ1v) is 8.90. The van der Waals surface area contributed by atoms with Crippen LogP contribution in [0.2, 0.25) is 0 Å². The second kappa shape index (κ2) is 6.94. The maximum Gasteiger partial charge on any atom is 0.272 e. The summed E-state index contributed by atoms with van der Waals surface area (Å²) in [6, 6.07) is 9.50. The summed E-state index contributed by atoms with van der Waals surface area (Å²) in [6.45, 7) is 1.47. The van der Waals surface area contributed by atoms with Crippen molar-refractivity contribution in [3.8, 4) is 0 Å². The molecule has 2 amide bonds. The highest BCUT2D eigenvalue weighted by atomic mass is 32.1. The Morgan fingerprint density at radius 1 is 1.29 bits per heavy atom. The van der Waals surface area contributed by atoms with Gasteiger partial charge in [-0.1, -0.05) is 17.4 Å². The predicted molar refractivity (Wildman–Crippen MR) is 99.0 cm³/mol. The van der Waals surface area contributed by atoms with Gasteiger partial charge in [-0.3, -0.25) is 9.59 Å². The van der Waals surface area contributed by atoms with Crippen molar-refractivity contribution in [3.63, 3.8) is 0 Å². The Labute approximate surface area is 146 Å². The zero-order chi connectivity index (χ0) is 17.1. The van der Waals surface area contributed by atoms with Gasteiger partial charge in [-0.25, -0.2) is 0 Å². The number of carbonyl (C=O) groups excluding carboxylic acids is 2. The van der Waals surface area contributed by atoms with Gasteiger partial charge in [0.2, 0.25) is 5.91 Å². The average Bonchev–Trinajstić information content (AvgIpc) is 3.14. The molecule has 0 spiro atoms. The molecule has 7 heteroatoms. The Bertz CT molecular complexity index is 995. The van der Waals surface area contributed by atoms with E-state index in [2.05, 4.69) is 10.3 Å². The Balaban J connectivity index is 1.92. The number of aryl methyl sites for hydroxylation is 1. The molecule has 0 saturated heterocycles. The van der Waals surface area contributed by atoms with Crippen LogP contribution in [-0.2, 0) is 16.6 Å². The van der Waals surface area contributed by atoms with Gasteiger partial charge in [-0.15, -0.1) is 11.3 Å². The highest BCUT2D eigenvalue weighted by Gasteiger charge is 2.06.